The third-order valence-corrected chi connectivity index (χ3v) is 5.20. The van der Waals surface area contributed by atoms with Gasteiger partial charge >= 0.3 is 0 Å². The molecule has 4 aliphatic rings. The van der Waals surface area contributed by atoms with Gasteiger partial charge in [-0.25, -0.2) is 0 Å². The Kier molecular flexibility index (Phi) is 2.68. The standard InChI is InChI=1S/C14H22O2/c15-10-16-3-1-2-14-7-11-4-12(8-14)6-13(5-11)9-14/h10-13H,1-9H2. The van der Waals surface area contributed by atoms with E-state index in [-0.39, 0.29) is 0 Å². The Hall–Kier alpha value is -0.530. The van der Waals surface area contributed by atoms with E-state index in [2.05, 4.69) is 0 Å². The molecule has 0 spiro atoms. The molecule has 2 nitrogen and oxygen atoms in total. The average Bonchev–Trinajstić information content (AvgIpc) is 2.22. The van der Waals surface area contributed by atoms with Crippen LogP contribution in [0.4, 0.5) is 0 Å². The van der Waals surface area contributed by atoms with Crippen LogP contribution in [-0.4, -0.2) is 13.1 Å². The Morgan fingerprint density at radius 1 is 1.06 bits per heavy atom. The summed E-state index contributed by atoms with van der Waals surface area (Å²) in [5.74, 6) is 3.12. The van der Waals surface area contributed by atoms with Gasteiger partial charge in [0.2, 0.25) is 0 Å². The first-order valence-electron chi connectivity index (χ1n) is 6.85. The maximum atomic E-state index is 10.1. The molecule has 2 heteroatoms. The highest BCUT2D eigenvalue weighted by Crippen LogP contribution is 2.61. The number of ether oxygens (including phenoxy) is 1. The van der Waals surface area contributed by atoms with Gasteiger partial charge in [0.25, 0.3) is 6.47 Å². The largest absolute Gasteiger partial charge is 0.468 e. The monoisotopic (exact) mass is 222 g/mol. The minimum absolute atomic E-state index is 0.583. The van der Waals surface area contributed by atoms with Gasteiger partial charge < -0.3 is 4.74 Å². The molecule has 0 aromatic carbocycles. The van der Waals surface area contributed by atoms with E-state index in [9.17, 15) is 4.79 Å². The van der Waals surface area contributed by atoms with Gasteiger partial charge in [0.1, 0.15) is 0 Å². The molecule has 0 radical (unpaired) electrons. The number of carbonyl (C=O) groups excluding carboxylic acids is 1. The van der Waals surface area contributed by atoms with Gasteiger partial charge in [-0.1, -0.05) is 0 Å². The van der Waals surface area contributed by atoms with E-state index >= 15 is 0 Å². The number of hydrogen-bond donors (Lipinski definition) is 0. The molecule has 4 bridgehead atoms. The van der Waals surface area contributed by atoms with E-state index < -0.39 is 0 Å². The molecular formula is C14H22O2. The van der Waals surface area contributed by atoms with Gasteiger partial charge in [-0.15, -0.1) is 0 Å². The number of rotatable bonds is 5. The summed E-state index contributed by atoms with van der Waals surface area (Å²) in [5.41, 5.74) is 0.654. The normalized spacial score (nSPS) is 44.6. The minimum Gasteiger partial charge on any atom is -0.468 e. The van der Waals surface area contributed by atoms with Crippen LogP contribution in [0.2, 0.25) is 0 Å². The van der Waals surface area contributed by atoms with Crippen LogP contribution in [-0.2, 0) is 9.53 Å². The molecule has 4 saturated carbocycles. The molecule has 0 atom stereocenters. The van der Waals surface area contributed by atoms with Crippen molar-refractivity contribution in [2.75, 3.05) is 6.61 Å². The van der Waals surface area contributed by atoms with Crippen molar-refractivity contribution in [1.82, 2.24) is 0 Å². The van der Waals surface area contributed by atoms with Crippen LogP contribution in [0, 0.1) is 23.2 Å². The summed E-state index contributed by atoms with van der Waals surface area (Å²) in [4.78, 5) is 10.1. The summed E-state index contributed by atoms with van der Waals surface area (Å²) in [6, 6.07) is 0. The molecule has 0 saturated heterocycles. The van der Waals surface area contributed by atoms with Crippen LogP contribution in [0.15, 0.2) is 0 Å². The van der Waals surface area contributed by atoms with Crippen molar-refractivity contribution in [2.24, 2.45) is 23.2 Å². The van der Waals surface area contributed by atoms with E-state index in [1.807, 2.05) is 0 Å². The first kappa shape index (κ1) is 10.6. The Morgan fingerprint density at radius 2 is 1.62 bits per heavy atom. The van der Waals surface area contributed by atoms with Crippen LogP contribution >= 0.6 is 0 Å². The highest BCUT2D eigenvalue weighted by Gasteiger charge is 2.50. The van der Waals surface area contributed by atoms with Crippen molar-refractivity contribution in [3.05, 3.63) is 0 Å². The molecule has 0 aromatic rings. The highest BCUT2D eigenvalue weighted by atomic mass is 16.5. The van der Waals surface area contributed by atoms with E-state index in [4.69, 9.17) is 4.74 Å². The van der Waals surface area contributed by atoms with Crippen LogP contribution in [0.25, 0.3) is 0 Å². The van der Waals surface area contributed by atoms with Gasteiger partial charge in [-0.3, -0.25) is 4.79 Å². The fourth-order valence-electron chi connectivity index (χ4n) is 5.17. The topological polar surface area (TPSA) is 26.3 Å². The fourth-order valence-corrected chi connectivity index (χ4v) is 5.17. The first-order chi connectivity index (χ1) is 7.80. The molecular weight excluding hydrogens is 200 g/mol. The molecule has 4 rings (SSSR count). The third-order valence-electron chi connectivity index (χ3n) is 5.20. The van der Waals surface area contributed by atoms with Gasteiger partial charge in [0, 0.05) is 0 Å². The Bertz CT molecular complexity index is 237. The fraction of sp³-hybridized carbons (Fsp3) is 0.929. The van der Waals surface area contributed by atoms with Crippen molar-refractivity contribution < 1.29 is 9.53 Å². The molecule has 16 heavy (non-hydrogen) atoms. The highest BCUT2D eigenvalue weighted by molar-refractivity contribution is 5.36. The Morgan fingerprint density at radius 3 is 2.12 bits per heavy atom. The smallest absolute Gasteiger partial charge is 0.293 e. The van der Waals surface area contributed by atoms with Crippen molar-refractivity contribution in [2.45, 2.75) is 51.4 Å². The van der Waals surface area contributed by atoms with Crippen LogP contribution < -0.4 is 0 Å². The van der Waals surface area contributed by atoms with Gasteiger partial charge in [-0.2, -0.15) is 0 Å². The van der Waals surface area contributed by atoms with Crippen molar-refractivity contribution in [3.8, 4) is 0 Å². The van der Waals surface area contributed by atoms with Gasteiger partial charge in [-0.05, 0) is 74.5 Å². The molecule has 0 heterocycles. The third kappa shape index (κ3) is 1.87. The molecule has 0 unspecified atom stereocenters. The predicted molar refractivity (Wildman–Crippen MR) is 61.9 cm³/mol. The summed E-state index contributed by atoms with van der Waals surface area (Å²) in [7, 11) is 0. The summed E-state index contributed by atoms with van der Waals surface area (Å²) < 4.78 is 4.82. The predicted octanol–water partition coefficient (Wildman–Crippen LogP) is 3.16. The van der Waals surface area contributed by atoms with Crippen LogP contribution in [0.1, 0.15) is 51.4 Å². The Balaban J connectivity index is 1.58. The second-order valence-electron chi connectivity index (χ2n) is 6.49. The zero-order valence-corrected chi connectivity index (χ0v) is 9.99. The zero-order valence-electron chi connectivity index (χ0n) is 9.99. The minimum atomic E-state index is 0.583. The van der Waals surface area contributed by atoms with E-state index in [0.717, 1.165) is 24.2 Å². The Labute approximate surface area is 97.7 Å². The SMILES string of the molecule is O=COCCCC12CC3CC(CC(C3)C1)C2. The van der Waals surface area contributed by atoms with Crippen LogP contribution in [0.3, 0.4) is 0 Å². The molecule has 4 fully saturated rings. The lowest BCUT2D eigenvalue weighted by atomic mass is 9.48. The van der Waals surface area contributed by atoms with Gasteiger partial charge in [0.15, 0.2) is 0 Å². The van der Waals surface area contributed by atoms with E-state index in [1.54, 1.807) is 0 Å². The molecule has 0 aliphatic heterocycles. The van der Waals surface area contributed by atoms with E-state index in [1.165, 1.54) is 44.9 Å². The van der Waals surface area contributed by atoms with Crippen LogP contribution in [0.5, 0.6) is 0 Å². The molecule has 90 valence electrons. The average molecular weight is 222 g/mol. The van der Waals surface area contributed by atoms with Gasteiger partial charge in [0.05, 0.1) is 6.61 Å². The second-order valence-corrected chi connectivity index (χ2v) is 6.49. The van der Waals surface area contributed by atoms with Crippen molar-refractivity contribution >= 4 is 6.47 Å². The maximum Gasteiger partial charge on any atom is 0.293 e. The lowest BCUT2D eigenvalue weighted by molar-refractivity contribution is -0.129. The van der Waals surface area contributed by atoms with E-state index in [0.29, 0.717) is 18.5 Å². The summed E-state index contributed by atoms with van der Waals surface area (Å²) in [5, 5.41) is 0. The first-order valence-corrected chi connectivity index (χ1v) is 6.85. The summed E-state index contributed by atoms with van der Waals surface area (Å²) in [6.07, 6.45) is 11.3. The molecule has 0 aromatic heterocycles. The molecule has 0 amide bonds. The number of hydrogen-bond acceptors (Lipinski definition) is 2. The number of carbonyl (C=O) groups is 1. The lowest BCUT2D eigenvalue weighted by Gasteiger charge is -2.57. The molecule has 0 N–H and O–H groups in total. The lowest BCUT2D eigenvalue weighted by Crippen LogP contribution is -2.46. The molecule has 4 aliphatic carbocycles. The summed E-state index contributed by atoms with van der Waals surface area (Å²) in [6.45, 7) is 1.21. The quantitative estimate of drug-likeness (QED) is 0.527. The maximum absolute atomic E-state index is 10.1. The van der Waals surface area contributed by atoms with Crippen molar-refractivity contribution in [3.63, 3.8) is 0 Å². The zero-order chi connectivity index (χ0) is 11.0. The summed E-state index contributed by atoms with van der Waals surface area (Å²) >= 11 is 0. The van der Waals surface area contributed by atoms with Crippen molar-refractivity contribution in [1.29, 1.82) is 0 Å². The second kappa shape index (κ2) is 4.05.